The van der Waals surface area contributed by atoms with E-state index in [4.69, 9.17) is 15.8 Å². The summed E-state index contributed by atoms with van der Waals surface area (Å²) in [4.78, 5) is 2.33. The SMILES string of the molecule is CN1CCCC(N)(CCCCB(O)O)CNCC1. The molecule has 1 aliphatic rings. The van der Waals surface area contributed by atoms with Gasteiger partial charge in [0, 0.05) is 25.2 Å². The van der Waals surface area contributed by atoms with Crippen molar-refractivity contribution in [2.24, 2.45) is 5.73 Å². The molecule has 0 aliphatic carbocycles. The molecular weight excluding hydrogens is 229 g/mol. The second-order valence-corrected chi connectivity index (χ2v) is 5.67. The highest BCUT2D eigenvalue weighted by molar-refractivity contribution is 6.40. The van der Waals surface area contributed by atoms with E-state index in [1.54, 1.807) is 0 Å². The van der Waals surface area contributed by atoms with Gasteiger partial charge in [0.1, 0.15) is 0 Å². The predicted molar refractivity (Wildman–Crippen MR) is 75.4 cm³/mol. The molecule has 0 aromatic heterocycles. The van der Waals surface area contributed by atoms with E-state index in [1.165, 1.54) is 0 Å². The van der Waals surface area contributed by atoms with Crippen LogP contribution in [0.3, 0.4) is 0 Å². The number of hydrogen-bond acceptors (Lipinski definition) is 5. The molecule has 18 heavy (non-hydrogen) atoms. The number of hydrogen-bond donors (Lipinski definition) is 4. The van der Waals surface area contributed by atoms with Gasteiger partial charge in [-0.3, -0.25) is 0 Å². The van der Waals surface area contributed by atoms with Crippen LogP contribution >= 0.6 is 0 Å². The Labute approximate surface area is 111 Å². The highest BCUT2D eigenvalue weighted by Gasteiger charge is 2.25. The van der Waals surface area contributed by atoms with Crippen LogP contribution in [0.4, 0.5) is 0 Å². The number of likely N-dealkylation sites (N-methyl/N-ethyl adjacent to an activating group) is 1. The molecule has 1 unspecified atom stereocenters. The third kappa shape index (κ3) is 6.71. The lowest BCUT2D eigenvalue weighted by Crippen LogP contribution is -2.49. The summed E-state index contributed by atoms with van der Waals surface area (Å²) in [5, 5.41) is 21.0. The predicted octanol–water partition coefficient (Wildman–Crippen LogP) is -0.358. The van der Waals surface area contributed by atoms with E-state index in [1.807, 2.05) is 0 Å². The van der Waals surface area contributed by atoms with Crippen molar-refractivity contribution in [2.45, 2.75) is 44.0 Å². The van der Waals surface area contributed by atoms with Crippen molar-refractivity contribution in [1.29, 1.82) is 0 Å². The van der Waals surface area contributed by atoms with Gasteiger partial charge in [0.25, 0.3) is 0 Å². The molecular formula is C12H28BN3O2. The molecule has 0 amide bonds. The van der Waals surface area contributed by atoms with Crippen LogP contribution < -0.4 is 11.1 Å². The van der Waals surface area contributed by atoms with E-state index >= 15 is 0 Å². The summed E-state index contributed by atoms with van der Waals surface area (Å²) in [6.07, 6.45) is 5.37. The second kappa shape index (κ2) is 8.12. The van der Waals surface area contributed by atoms with Gasteiger partial charge in [0.15, 0.2) is 0 Å². The maximum absolute atomic E-state index is 8.81. The molecule has 0 bridgehead atoms. The van der Waals surface area contributed by atoms with Crippen molar-refractivity contribution in [3.8, 4) is 0 Å². The summed E-state index contributed by atoms with van der Waals surface area (Å²) in [5.74, 6) is 0. The maximum Gasteiger partial charge on any atom is 0.451 e. The first-order chi connectivity index (χ1) is 8.52. The van der Waals surface area contributed by atoms with Gasteiger partial charge in [-0.25, -0.2) is 0 Å². The molecule has 0 aromatic rings. The minimum Gasteiger partial charge on any atom is -0.427 e. The van der Waals surface area contributed by atoms with Gasteiger partial charge in [0.2, 0.25) is 0 Å². The summed E-state index contributed by atoms with van der Waals surface area (Å²) < 4.78 is 0. The molecule has 0 saturated carbocycles. The van der Waals surface area contributed by atoms with Crippen molar-refractivity contribution >= 4 is 7.12 Å². The van der Waals surface area contributed by atoms with Crippen molar-refractivity contribution in [3.05, 3.63) is 0 Å². The van der Waals surface area contributed by atoms with E-state index in [2.05, 4.69) is 17.3 Å². The number of unbranched alkanes of at least 4 members (excludes halogenated alkanes) is 1. The molecule has 0 aromatic carbocycles. The van der Waals surface area contributed by atoms with E-state index < -0.39 is 7.12 Å². The lowest BCUT2D eigenvalue weighted by molar-refractivity contribution is 0.313. The molecule has 1 heterocycles. The monoisotopic (exact) mass is 257 g/mol. The fourth-order valence-corrected chi connectivity index (χ4v) is 2.53. The van der Waals surface area contributed by atoms with Crippen molar-refractivity contribution in [1.82, 2.24) is 10.2 Å². The topological polar surface area (TPSA) is 81.8 Å². The van der Waals surface area contributed by atoms with Gasteiger partial charge in [0.05, 0.1) is 0 Å². The van der Waals surface area contributed by atoms with E-state index in [0.29, 0.717) is 6.32 Å². The number of nitrogens with one attached hydrogen (secondary N) is 1. The van der Waals surface area contributed by atoms with E-state index in [9.17, 15) is 0 Å². The molecule has 106 valence electrons. The number of nitrogens with zero attached hydrogens (tertiary/aromatic N) is 1. The Morgan fingerprint density at radius 1 is 1.33 bits per heavy atom. The van der Waals surface area contributed by atoms with Crippen LogP contribution in [0.25, 0.3) is 0 Å². The smallest absolute Gasteiger partial charge is 0.427 e. The van der Waals surface area contributed by atoms with E-state index in [-0.39, 0.29) is 5.54 Å². The van der Waals surface area contributed by atoms with Crippen LogP contribution in [0.2, 0.25) is 6.32 Å². The normalized spacial score (nSPS) is 27.3. The van der Waals surface area contributed by atoms with Crippen LogP contribution in [0.1, 0.15) is 32.1 Å². The van der Waals surface area contributed by atoms with Crippen LogP contribution in [0.5, 0.6) is 0 Å². The third-order valence-electron chi connectivity index (χ3n) is 3.75. The summed E-state index contributed by atoms with van der Waals surface area (Å²) >= 11 is 0. The van der Waals surface area contributed by atoms with Gasteiger partial charge in [-0.15, -0.1) is 0 Å². The van der Waals surface area contributed by atoms with Gasteiger partial charge >= 0.3 is 7.12 Å². The maximum atomic E-state index is 8.81. The summed E-state index contributed by atoms with van der Waals surface area (Å²) in [7, 11) is 0.972. The standard InChI is InChI=1S/C12H28BN3O2/c1-16-9-4-6-12(14,11-15-8-10-16)5-2-3-7-13(17)18/h15,17-18H,2-11,14H2,1H3. The van der Waals surface area contributed by atoms with Gasteiger partial charge in [-0.2, -0.15) is 0 Å². The first kappa shape index (κ1) is 15.9. The average Bonchev–Trinajstić information content (AvgIpc) is 2.37. The highest BCUT2D eigenvalue weighted by Crippen LogP contribution is 2.19. The Morgan fingerprint density at radius 3 is 2.83 bits per heavy atom. The first-order valence-corrected chi connectivity index (χ1v) is 7.06. The molecule has 6 heteroatoms. The molecule has 0 radical (unpaired) electrons. The Kier molecular flexibility index (Phi) is 7.18. The Morgan fingerprint density at radius 2 is 2.11 bits per heavy atom. The molecule has 1 atom stereocenters. The van der Waals surface area contributed by atoms with Crippen LogP contribution in [-0.2, 0) is 0 Å². The summed E-state index contributed by atoms with van der Waals surface area (Å²) in [6.45, 7) is 4.04. The number of rotatable bonds is 5. The quantitative estimate of drug-likeness (QED) is 0.399. The van der Waals surface area contributed by atoms with Gasteiger partial charge < -0.3 is 26.0 Å². The van der Waals surface area contributed by atoms with Crippen molar-refractivity contribution in [2.75, 3.05) is 33.2 Å². The average molecular weight is 257 g/mol. The van der Waals surface area contributed by atoms with Crippen LogP contribution in [0, 0.1) is 0 Å². The lowest BCUT2D eigenvalue weighted by Gasteiger charge is -2.29. The number of nitrogens with two attached hydrogens (primary N) is 1. The minimum atomic E-state index is -1.17. The summed E-state index contributed by atoms with van der Waals surface area (Å²) in [6, 6.07) is 0. The lowest BCUT2D eigenvalue weighted by atomic mass is 9.81. The Bertz CT molecular complexity index is 231. The third-order valence-corrected chi connectivity index (χ3v) is 3.75. The van der Waals surface area contributed by atoms with Crippen LogP contribution in [-0.4, -0.2) is 60.8 Å². The Balaban J connectivity index is 2.29. The molecule has 1 rings (SSSR count). The fourth-order valence-electron chi connectivity index (χ4n) is 2.53. The zero-order valence-electron chi connectivity index (χ0n) is 11.6. The fraction of sp³-hybridized carbons (Fsp3) is 1.00. The van der Waals surface area contributed by atoms with Crippen LogP contribution in [0.15, 0.2) is 0 Å². The molecule has 1 fully saturated rings. The zero-order chi connectivity index (χ0) is 13.4. The highest BCUT2D eigenvalue weighted by atomic mass is 16.4. The molecule has 1 saturated heterocycles. The Hall–Kier alpha value is -0.135. The van der Waals surface area contributed by atoms with Gasteiger partial charge in [-0.05, 0) is 39.2 Å². The molecule has 1 aliphatic heterocycles. The largest absolute Gasteiger partial charge is 0.451 e. The minimum absolute atomic E-state index is 0.133. The van der Waals surface area contributed by atoms with Crippen molar-refractivity contribution in [3.63, 3.8) is 0 Å². The second-order valence-electron chi connectivity index (χ2n) is 5.67. The molecule has 0 spiro atoms. The summed E-state index contributed by atoms with van der Waals surface area (Å²) in [5.41, 5.74) is 6.32. The molecule has 5 N–H and O–H groups in total. The zero-order valence-corrected chi connectivity index (χ0v) is 11.6. The van der Waals surface area contributed by atoms with Gasteiger partial charge in [-0.1, -0.05) is 12.8 Å². The van der Waals surface area contributed by atoms with E-state index in [0.717, 1.165) is 58.3 Å². The molecule has 5 nitrogen and oxygen atoms in total. The van der Waals surface area contributed by atoms with Crippen molar-refractivity contribution < 1.29 is 10.0 Å². The first-order valence-electron chi connectivity index (χ1n) is 7.06.